The highest BCUT2D eigenvalue weighted by Crippen LogP contribution is 2.29. The predicted molar refractivity (Wildman–Crippen MR) is 164 cm³/mol. The molecule has 1 unspecified atom stereocenters. The molecule has 40 heavy (non-hydrogen) atoms. The predicted octanol–water partition coefficient (Wildman–Crippen LogP) is 6.76. The minimum Gasteiger partial charge on any atom is -0.325 e. The van der Waals surface area contributed by atoms with Crippen molar-refractivity contribution in [1.82, 2.24) is 10.3 Å². The number of hydrogen-bond donors (Lipinski definition) is 3. The summed E-state index contributed by atoms with van der Waals surface area (Å²) in [5.74, 6) is -0.998. The number of pyridine rings is 1. The first kappa shape index (κ1) is 28.8. The molecule has 0 saturated carbocycles. The Morgan fingerprint density at radius 3 is 2.38 bits per heavy atom. The van der Waals surface area contributed by atoms with Gasteiger partial charge >= 0.3 is 0 Å². The Labute approximate surface area is 245 Å². The van der Waals surface area contributed by atoms with Crippen LogP contribution in [0.3, 0.4) is 0 Å². The van der Waals surface area contributed by atoms with E-state index in [1.54, 1.807) is 67.0 Å². The second kappa shape index (κ2) is 14.3. The van der Waals surface area contributed by atoms with Crippen molar-refractivity contribution in [3.8, 4) is 0 Å². The van der Waals surface area contributed by atoms with E-state index in [9.17, 15) is 14.4 Å². The van der Waals surface area contributed by atoms with Gasteiger partial charge in [-0.25, -0.2) is 0 Å². The lowest BCUT2D eigenvalue weighted by Crippen LogP contribution is -2.30. The van der Waals surface area contributed by atoms with E-state index in [1.165, 1.54) is 11.8 Å². The van der Waals surface area contributed by atoms with Crippen molar-refractivity contribution in [2.75, 3.05) is 10.6 Å². The van der Waals surface area contributed by atoms with Crippen LogP contribution in [0.25, 0.3) is 6.08 Å². The van der Waals surface area contributed by atoms with E-state index in [1.807, 2.05) is 49.4 Å². The molecular weight excluding hydrogens is 588 g/mol. The maximum Gasteiger partial charge on any atom is 0.272 e. The third-order valence-corrected chi connectivity index (χ3v) is 7.56. The highest BCUT2D eigenvalue weighted by Gasteiger charge is 2.19. The van der Waals surface area contributed by atoms with Crippen LogP contribution in [0.2, 0.25) is 0 Å². The lowest BCUT2D eigenvalue weighted by Gasteiger charge is -2.16. The number of rotatable bonds is 10. The van der Waals surface area contributed by atoms with Crippen molar-refractivity contribution in [2.45, 2.75) is 23.5 Å². The molecule has 0 aliphatic rings. The Hall–Kier alpha value is -4.21. The Morgan fingerprint density at radius 2 is 1.68 bits per heavy atom. The smallest absolute Gasteiger partial charge is 0.272 e. The van der Waals surface area contributed by atoms with E-state index in [2.05, 4.69) is 36.9 Å². The molecule has 0 bridgehead atoms. The van der Waals surface area contributed by atoms with Crippen LogP contribution in [0.5, 0.6) is 0 Å². The quantitative estimate of drug-likeness (QED) is 0.135. The number of halogens is 1. The number of anilines is 2. The minimum absolute atomic E-state index is 0.0696. The van der Waals surface area contributed by atoms with Crippen LogP contribution in [0.4, 0.5) is 11.4 Å². The molecule has 1 atom stereocenters. The largest absolute Gasteiger partial charge is 0.325 e. The van der Waals surface area contributed by atoms with Crippen LogP contribution in [0.15, 0.2) is 118 Å². The lowest BCUT2D eigenvalue weighted by atomic mass is 10.2. The molecule has 3 amide bonds. The highest BCUT2D eigenvalue weighted by molar-refractivity contribution is 9.10. The SMILES string of the molecule is CCC(Sc1cccc(NC(=O)/C(=C/c2cccnc2)NC(=O)c2ccccc2)c1)C(=O)Nc1ccc(Br)cc1. The number of amides is 3. The van der Waals surface area contributed by atoms with Gasteiger partial charge in [-0.15, -0.1) is 11.8 Å². The van der Waals surface area contributed by atoms with E-state index >= 15 is 0 Å². The van der Waals surface area contributed by atoms with E-state index in [4.69, 9.17) is 0 Å². The average Bonchev–Trinajstić information content (AvgIpc) is 2.98. The van der Waals surface area contributed by atoms with Gasteiger partial charge in [-0.3, -0.25) is 19.4 Å². The Bertz CT molecular complexity index is 1500. The zero-order valence-electron chi connectivity index (χ0n) is 21.6. The van der Waals surface area contributed by atoms with Gasteiger partial charge in [0.1, 0.15) is 5.70 Å². The standard InChI is InChI=1S/C31H27BrN4O3S/c1-2-28(31(39)34-24-15-13-23(32)14-16-24)40-26-12-6-11-25(19-26)35-30(38)27(18-21-8-7-17-33-20-21)36-29(37)22-9-4-3-5-10-22/h3-20,28H,2H2,1H3,(H,34,39)(H,35,38)(H,36,37)/b27-18-. The molecule has 4 aromatic rings. The summed E-state index contributed by atoms with van der Waals surface area (Å²) in [6, 6.07) is 26.9. The first-order valence-electron chi connectivity index (χ1n) is 12.5. The fourth-order valence-electron chi connectivity index (χ4n) is 3.66. The maximum absolute atomic E-state index is 13.3. The summed E-state index contributed by atoms with van der Waals surface area (Å²) in [4.78, 5) is 44.0. The summed E-state index contributed by atoms with van der Waals surface area (Å²) in [7, 11) is 0. The van der Waals surface area contributed by atoms with Gasteiger partial charge < -0.3 is 16.0 Å². The van der Waals surface area contributed by atoms with Gasteiger partial charge in [0.15, 0.2) is 0 Å². The molecule has 1 heterocycles. The average molecular weight is 616 g/mol. The molecule has 0 fully saturated rings. The fourth-order valence-corrected chi connectivity index (χ4v) is 4.94. The van der Waals surface area contributed by atoms with Gasteiger partial charge in [0, 0.05) is 38.7 Å². The number of carbonyl (C=O) groups excluding carboxylic acids is 3. The molecular formula is C31H27BrN4O3S. The van der Waals surface area contributed by atoms with Crippen LogP contribution in [-0.2, 0) is 9.59 Å². The Balaban J connectivity index is 1.48. The molecule has 1 aromatic heterocycles. The summed E-state index contributed by atoms with van der Waals surface area (Å²) in [6.07, 6.45) is 5.42. The van der Waals surface area contributed by atoms with Crippen LogP contribution in [-0.4, -0.2) is 28.0 Å². The second-order valence-electron chi connectivity index (χ2n) is 8.66. The van der Waals surface area contributed by atoms with Crippen LogP contribution >= 0.6 is 27.7 Å². The first-order chi connectivity index (χ1) is 19.4. The third kappa shape index (κ3) is 8.39. The van der Waals surface area contributed by atoms with Gasteiger partial charge in [-0.05, 0) is 78.7 Å². The topological polar surface area (TPSA) is 100 Å². The molecule has 3 N–H and O–H groups in total. The van der Waals surface area contributed by atoms with E-state index < -0.39 is 11.8 Å². The third-order valence-electron chi connectivity index (χ3n) is 5.67. The molecule has 0 aliphatic heterocycles. The molecule has 0 spiro atoms. The van der Waals surface area contributed by atoms with Crippen molar-refractivity contribution >= 4 is 62.9 Å². The number of carbonyl (C=O) groups is 3. The number of benzene rings is 3. The van der Waals surface area contributed by atoms with Gasteiger partial charge in [-0.1, -0.05) is 53.2 Å². The van der Waals surface area contributed by atoms with Gasteiger partial charge in [0.25, 0.3) is 11.8 Å². The number of nitrogens with one attached hydrogen (secondary N) is 3. The maximum atomic E-state index is 13.3. The molecule has 7 nitrogen and oxygen atoms in total. The molecule has 3 aromatic carbocycles. The van der Waals surface area contributed by atoms with Crippen molar-refractivity contribution in [3.05, 3.63) is 125 Å². The van der Waals surface area contributed by atoms with E-state index in [-0.39, 0.29) is 16.9 Å². The van der Waals surface area contributed by atoms with E-state index in [0.29, 0.717) is 23.2 Å². The highest BCUT2D eigenvalue weighted by atomic mass is 79.9. The van der Waals surface area contributed by atoms with Crippen molar-refractivity contribution in [2.24, 2.45) is 0 Å². The molecule has 0 radical (unpaired) electrons. The van der Waals surface area contributed by atoms with Gasteiger partial charge in [-0.2, -0.15) is 0 Å². The molecule has 202 valence electrons. The van der Waals surface area contributed by atoms with Crippen molar-refractivity contribution in [1.29, 1.82) is 0 Å². The monoisotopic (exact) mass is 614 g/mol. The zero-order valence-corrected chi connectivity index (χ0v) is 24.0. The summed E-state index contributed by atoms with van der Waals surface area (Å²) >= 11 is 4.81. The van der Waals surface area contributed by atoms with Crippen molar-refractivity contribution in [3.63, 3.8) is 0 Å². The normalized spacial score (nSPS) is 11.8. The van der Waals surface area contributed by atoms with Crippen LogP contribution < -0.4 is 16.0 Å². The Morgan fingerprint density at radius 1 is 0.900 bits per heavy atom. The molecule has 0 aliphatic carbocycles. The summed E-state index contributed by atoms with van der Waals surface area (Å²) in [5, 5.41) is 8.21. The van der Waals surface area contributed by atoms with Gasteiger partial charge in [0.05, 0.1) is 5.25 Å². The fraction of sp³-hybridized carbons (Fsp3) is 0.0968. The molecule has 9 heteroatoms. The number of aromatic nitrogens is 1. The van der Waals surface area contributed by atoms with Crippen LogP contribution in [0, 0.1) is 0 Å². The minimum atomic E-state index is -0.490. The lowest BCUT2D eigenvalue weighted by molar-refractivity contribution is -0.116. The number of hydrogen-bond acceptors (Lipinski definition) is 5. The summed E-state index contributed by atoms with van der Waals surface area (Å²) < 4.78 is 0.934. The molecule has 0 saturated heterocycles. The summed E-state index contributed by atoms with van der Waals surface area (Å²) in [5.41, 5.74) is 2.41. The second-order valence-corrected chi connectivity index (χ2v) is 10.8. The number of thioether (sulfide) groups is 1. The van der Waals surface area contributed by atoms with Crippen LogP contribution in [0.1, 0.15) is 29.3 Å². The zero-order chi connectivity index (χ0) is 28.3. The van der Waals surface area contributed by atoms with Crippen molar-refractivity contribution < 1.29 is 14.4 Å². The molecule has 4 rings (SSSR count). The first-order valence-corrected chi connectivity index (χ1v) is 14.2. The Kier molecular flexibility index (Phi) is 10.3. The van der Waals surface area contributed by atoms with Gasteiger partial charge in [0.2, 0.25) is 5.91 Å². The summed E-state index contributed by atoms with van der Waals surface area (Å²) in [6.45, 7) is 1.95. The number of nitrogens with zero attached hydrogens (tertiary/aromatic N) is 1. The van der Waals surface area contributed by atoms with E-state index in [0.717, 1.165) is 15.1 Å².